The predicted molar refractivity (Wildman–Crippen MR) is 203 cm³/mol. The van der Waals surface area contributed by atoms with E-state index >= 15 is 8.78 Å². The largest absolute Gasteiger partial charge is 0.468 e. The van der Waals surface area contributed by atoms with Gasteiger partial charge in [-0.1, -0.05) is 19.4 Å². The number of aliphatic hydroxyl groups is 1. The Labute approximate surface area is 320 Å². The lowest BCUT2D eigenvalue weighted by atomic mass is 9.75. The van der Waals surface area contributed by atoms with Gasteiger partial charge in [-0.2, -0.15) is 9.97 Å². The zero-order chi connectivity index (χ0) is 39.1. The minimum absolute atomic E-state index is 0.0416. The second kappa shape index (κ2) is 15.3. The zero-order valence-corrected chi connectivity index (χ0v) is 32.5. The van der Waals surface area contributed by atoms with E-state index in [1.54, 1.807) is 25.1 Å². The third kappa shape index (κ3) is 7.86. The normalized spacial score (nSPS) is 23.2. The van der Waals surface area contributed by atoms with E-state index in [1.807, 2.05) is 37.5 Å². The van der Waals surface area contributed by atoms with Gasteiger partial charge in [-0.3, -0.25) is 4.98 Å². The number of ether oxygens (including phenoxy) is 5. The van der Waals surface area contributed by atoms with Crippen molar-refractivity contribution in [3.8, 4) is 23.0 Å². The second-order valence-corrected chi connectivity index (χ2v) is 16.3. The summed E-state index contributed by atoms with van der Waals surface area (Å²) in [6, 6.07) is 6.30. The number of piperidine rings is 1. The molecule has 2 saturated heterocycles. The van der Waals surface area contributed by atoms with Gasteiger partial charge in [0.15, 0.2) is 12.6 Å². The van der Waals surface area contributed by atoms with Crippen molar-refractivity contribution in [3.63, 3.8) is 0 Å². The summed E-state index contributed by atoms with van der Waals surface area (Å²) in [6.07, 6.45) is 5.76. The van der Waals surface area contributed by atoms with Crippen LogP contribution in [0, 0.1) is 17.0 Å². The lowest BCUT2D eigenvalue weighted by Crippen LogP contribution is -2.55. The van der Waals surface area contributed by atoms with Crippen molar-refractivity contribution in [1.82, 2.24) is 19.9 Å². The molecule has 4 heterocycles. The number of aryl methyl sites for hydroxylation is 1. The first kappa shape index (κ1) is 38.9. The predicted octanol–water partition coefficient (Wildman–Crippen LogP) is 7.20. The van der Waals surface area contributed by atoms with Gasteiger partial charge < -0.3 is 38.6 Å². The topological polar surface area (TPSA) is 129 Å². The van der Waals surface area contributed by atoms with Crippen LogP contribution < -0.4 is 14.4 Å². The lowest BCUT2D eigenvalue weighted by molar-refractivity contribution is -0.0282. The summed E-state index contributed by atoms with van der Waals surface area (Å²) < 4.78 is 61.5. The van der Waals surface area contributed by atoms with E-state index in [9.17, 15) is 9.90 Å². The maximum absolute atomic E-state index is 17.3. The molecule has 7 rings (SSSR count). The molecule has 2 aromatic carbocycles. The highest BCUT2D eigenvalue weighted by molar-refractivity contribution is 6.01. The molecule has 2 aromatic heterocycles. The third-order valence-corrected chi connectivity index (χ3v) is 10.9. The number of likely N-dealkylation sites (tertiary alicyclic amines) is 1. The van der Waals surface area contributed by atoms with Crippen molar-refractivity contribution in [1.29, 1.82) is 0 Å². The summed E-state index contributed by atoms with van der Waals surface area (Å²) in [5.74, 6) is -0.412. The van der Waals surface area contributed by atoms with E-state index in [0.29, 0.717) is 65.0 Å². The Morgan fingerprint density at radius 1 is 1.11 bits per heavy atom. The Morgan fingerprint density at radius 3 is 2.67 bits per heavy atom. The van der Waals surface area contributed by atoms with Gasteiger partial charge in [0.1, 0.15) is 39.8 Å². The molecule has 4 aromatic rings. The molecule has 14 heteroatoms. The number of carbonyl (C=O) groups excluding carboxylic acids is 1. The number of aromatic nitrogens is 3. The molecule has 296 valence electrons. The van der Waals surface area contributed by atoms with Crippen LogP contribution in [0.5, 0.6) is 11.8 Å². The molecule has 3 atom stereocenters. The van der Waals surface area contributed by atoms with Crippen molar-refractivity contribution in [2.24, 2.45) is 5.41 Å². The van der Waals surface area contributed by atoms with Crippen LogP contribution in [-0.4, -0.2) is 102 Å². The summed E-state index contributed by atoms with van der Waals surface area (Å²) in [4.78, 5) is 31.2. The van der Waals surface area contributed by atoms with Crippen LogP contribution in [0.25, 0.3) is 32.9 Å². The van der Waals surface area contributed by atoms with Gasteiger partial charge in [-0.15, -0.1) is 0 Å². The molecular weight excluding hydrogens is 712 g/mol. The first-order chi connectivity index (χ1) is 26.2. The molecule has 0 radical (unpaired) electrons. The highest BCUT2D eigenvalue weighted by Crippen LogP contribution is 2.48. The second-order valence-electron chi connectivity index (χ2n) is 16.3. The molecular formula is C41H51F2N5O7. The maximum atomic E-state index is 17.3. The smallest absolute Gasteiger partial charge is 0.410 e. The summed E-state index contributed by atoms with van der Waals surface area (Å²) in [5, 5.41) is 12.6. The number of anilines is 1. The van der Waals surface area contributed by atoms with Crippen molar-refractivity contribution >= 4 is 33.6 Å². The van der Waals surface area contributed by atoms with E-state index < -0.39 is 22.8 Å². The number of carbonyl (C=O) groups is 1. The quantitative estimate of drug-likeness (QED) is 0.174. The van der Waals surface area contributed by atoms with Gasteiger partial charge in [0.05, 0.1) is 31.8 Å². The minimum atomic E-state index is -1.22. The molecule has 3 fully saturated rings. The summed E-state index contributed by atoms with van der Waals surface area (Å²) in [7, 11) is 1.50. The molecule has 1 amide bonds. The van der Waals surface area contributed by atoms with Crippen LogP contribution in [0.2, 0.25) is 0 Å². The van der Waals surface area contributed by atoms with E-state index in [1.165, 1.54) is 19.4 Å². The van der Waals surface area contributed by atoms with Crippen LogP contribution in [0.3, 0.4) is 0 Å². The fourth-order valence-corrected chi connectivity index (χ4v) is 8.57. The van der Waals surface area contributed by atoms with Crippen LogP contribution in [0.15, 0.2) is 30.5 Å². The Hall–Kier alpha value is -4.40. The lowest BCUT2D eigenvalue weighted by Gasteiger charge is -2.46. The Balaban J connectivity index is 1.34. The van der Waals surface area contributed by atoms with E-state index in [4.69, 9.17) is 28.7 Å². The highest BCUT2D eigenvalue weighted by atomic mass is 19.1. The number of fused-ring (bicyclic) bond motifs is 3. The van der Waals surface area contributed by atoms with E-state index in [-0.39, 0.29) is 61.3 Å². The molecule has 0 unspecified atom stereocenters. The fraction of sp³-hybridized carbons (Fsp3) is 0.561. The molecule has 3 aliphatic rings. The molecule has 0 spiro atoms. The number of rotatable bonds is 9. The summed E-state index contributed by atoms with van der Waals surface area (Å²) in [5.41, 5.74) is -1.53. The molecule has 0 bridgehead atoms. The molecule has 55 heavy (non-hydrogen) atoms. The number of halogens is 2. The van der Waals surface area contributed by atoms with Crippen molar-refractivity contribution < 1.29 is 42.4 Å². The fourth-order valence-electron chi connectivity index (χ4n) is 8.57. The number of hydrogen-bond donors (Lipinski definition) is 1. The number of hydrogen-bond acceptors (Lipinski definition) is 11. The number of pyridine rings is 1. The summed E-state index contributed by atoms with van der Waals surface area (Å²) in [6.45, 7) is 10.8. The van der Waals surface area contributed by atoms with E-state index in [2.05, 4.69) is 9.97 Å². The molecule has 1 saturated carbocycles. The highest BCUT2D eigenvalue weighted by Gasteiger charge is 2.51. The van der Waals surface area contributed by atoms with E-state index in [0.717, 1.165) is 32.1 Å². The van der Waals surface area contributed by atoms with Crippen LogP contribution >= 0.6 is 0 Å². The zero-order valence-electron chi connectivity index (χ0n) is 32.5. The first-order valence-corrected chi connectivity index (χ1v) is 19.1. The Bertz CT molecular complexity index is 2080. The number of β-amino-alcohol motifs (C(OH)–C–C–N with tert-alkyl or cyclic N) is 1. The monoisotopic (exact) mass is 763 g/mol. The van der Waals surface area contributed by atoms with Gasteiger partial charge in [0.2, 0.25) is 0 Å². The van der Waals surface area contributed by atoms with Gasteiger partial charge in [-0.25, -0.2) is 13.6 Å². The summed E-state index contributed by atoms with van der Waals surface area (Å²) >= 11 is 0. The van der Waals surface area contributed by atoms with Crippen molar-refractivity contribution in [3.05, 3.63) is 47.7 Å². The number of methoxy groups -OCH3 is 1. The minimum Gasteiger partial charge on any atom is -0.468 e. The first-order valence-electron chi connectivity index (χ1n) is 19.1. The van der Waals surface area contributed by atoms with Crippen LogP contribution in [0.4, 0.5) is 19.4 Å². The molecule has 2 aliphatic heterocycles. The SMILES string of the molecule is CCc1c(F)ccc2cc(OCOC)cc(-c3ncc4c(N5CCOC[C@@](C)(O)C5)nc(OC[C@]56CCC[C@H]5N(C(=O)OC(C)(C)C)CCC6)nc4c3F)c12. The number of amides is 1. The standard InChI is InChI=1S/C41H51F2N5O7/c1-7-27-30(42)12-11-25-18-26(54-24-51-6)19-28(32(25)27)34-33(43)35-29(20-44-34)36(47-16-17-52-22-40(5,50)21-47)46-37(45-35)53-23-41-13-8-10-31(41)48(15-9-14-41)38(49)55-39(2,3)4/h11-12,18-20,31,50H,7-10,13-17,21-24H2,1-6H3/t31-,40+,41-/m1/s1. The van der Waals surface area contributed by atoms with Crippen LogP contribution in [-0.2, 0) is 20.6 Å². The molecule has 12 nitrogen and oxygen atoms in total. The average molecular weight is 764 g/mol. The van der Waals surface area contributed by atoms with Crippen molar-refractivity contribution in [2.75, 3.05) is 58.3 Å². The molecule has 1 aliphatic carbocycles. The average Bonchev–Trinajstić information content (AvgIpc) is 3.49. The molecule has 1 N–H and O–H groups in total. The van der Waals surface area contributed by atoms with Gasteiger partial charge in [-0.05, 0) is 94.3 Å². The number of nitrogens with zero attached hydrogens (tertiary/aromatic N) is 5. The van der Waals surface area contributed by atoms with Gasteiger partial charge in [0, 0.05) is 43.4 Å². The van der Waals surface area contributed by atoms with Gasteiger partial charge in [0.25, 0.3) is 0 Å². The van der Waals surface area contributed by atoms with Crippen molar-refractivity contribution in [2.45, 2.75) is 90.4 Å². The Morgan fingerprint density at radius 2 is 1.91 bits per heavy atom. The third-order valence-electron chi connectivity index (χ3n) is 10.9. The van der Waals surface area contributed by atoms with Crippen LogP contribution in [0.1, 0.15) is 72.3 Å². The maximum Gasteiger partial charge on any atom is 0.410 e. The van der Waals surface area contributed by atoms with Gasteiger partial charge >= 0.3 is 12.1 Å². The Kier molecular flexibility index (Phi) is 10.8. The number of benzene rings is 2.